The second-order valence-electron chi connectivity index (χ2n) is 4.17. The normalized spacial score (nSPS) is 19.8. The van der Waals surface area contributed by atoms with E-state index in [-0.39, 0.29) is 22.8 Å². The van der Waals surface area contributed by atoms with Gasteiger partial charge in [-0.25, -0.2) is 23.2 Å². The molecule has 1 aliphatic heterocycles. The zero-order chi connectivity index (χ0) is 14.8. The Morgan fingerprint density at radius 1 is 1.50 bits per heavy atom. The minimum atomic E-state index is -3.67. The number of hydrogen-bond donors (Lipinski definition) is 1. The predicted molar refractivity (Wildman–Crippen MR) is 69.7 cm³/mol. The number of halogens is 1. The molecule has 110 valence electrons. The molecule has 0 aromatic carbocycles. The number of carbonyl (C=O) groups excluding carboxylic acids is 1. The van der Waals surface area contributed by atoms with Gasteiger partial charge in [0.1, 0.15) is 4.90 Å². The fraction of sp³-hybridized carbons (Fsp3) is 0.500. The van der Waals surface area contributed by atoms with Crippen molar-refractivity contribution in [2.75, 3.05) is 20.2 Å². The number of rotatable bonds is 3. The van der Waals surface area contributed by atoms with Crippen LogP contribution >= 0.6 is 11.6 Å². The van der Waals surface area contributed by atoms with Crippen LogP contribution < -0.4 is 5.32 Å². The summed E-state index contributed by atoms with van der Waals surface area (Å²) in [6.07, 6.45) is 2.25. The average Bonchev–Trinajstić information content (AvgIpc) is 2.88. The molecular weight excluding hydrogens is 308 g/mol. The molecule has 1 atom stereocenters. The number of aromatic nitrogens is 2. The van der Waals surface area contributed by atoms with Crippen LogP contribution in [0.2, 0.25) is 5.28 Å². The van der Waals surface area contributed by atoms with E-state index < -0.39 is 16.1 Å². The van der Waals surface area contributed by atoms with Crippen LogP contribution in [0.3, 0.4) is 0 Å². The summed E-state index contributed by atoms with van der Waals surface area (Å²) in [6, 6.07) is -0.273. The van der Waals surface area contributed by atoms with Crippen molar-refractivity contribution in [3.8, 4) is 0 Å². The third kappa shape index (κ3) is 3.17. The molecule has 0 saturated carbocycles. The van der Waals surface area contributed by atoms with Crippen LogP contribution in [0.5, 0.6) is 0 Å². The summed E-state index contributed by atoms with van der Waals surface area (Å²) in [4.78, 5) is 18.4. The number of nitrogens with zero attached hydrogens (tertiary/aromatic N) is 3. The molecule has 0 aliphatic carbocycles. The highest BCUT2D eigenvalue weighted by Gasteiger charge is 2.33. The zero-order valence-corrected chi connectivity index (χ0v) is 12.2. The summed E-state index contributed by atoms with van der Waals surface area (Å²) in [6.45, 7) is 0.486. The summed E-state index contributed by atoms with van der Waals surface area (Å²) in [5.41, 5.74) is 0. The first-order chi connectivity index (χ1) is 9.43. The maximum absolute atomic E-state index is 12.3. The molecule has 1 amide bonds. The number of carbonyl (C=O) groups is 1. The molecule has 0 bridgehead atoms. The molecule has 20 heavy (non-hydrogen) atoms. The summed E-state index contributed by atoms with van der Waals surface area (Å²) in [5.74, 6) is 0. The molecule has 8 nitrogen and oxygen atoms in total. The van der Waals surface area contributed by atoms with Crippen molar-refractivity contribution in [1.29, 1.82) is 0 Å². The lowest BCUT2D eigenvalue weighted by Gasteiger charge is -2.16. The number of hydrogen-bond acceptors (Lipinski definition) is 6. The van der Waals surface area contributed by atoms with Crippen LogP contribution in [-0.4, -0.2) is 55.0 Å². The summed E-state index contributed by atoms with van der Waals surface area (Å²) < 4.78 is 30.4. The lowest BCUT2D eigenvalue weighted by Crippen LogP contribution is -2.38. The van der Waals surface area contributed by atoms with E-state index >= 15 is 0 Å². The lowest BCUT2D eigenvalue weighted by atomic mass is 10.3. The zero-order valence-electron chi connectivity index (χ0n) is 10.6. The molecule has 1 saturated heterocycles. The molecule has 1 aromatic heterocycles. The predicted octanol–water partition coefficient (Wildman–Crippen LogP) is 0.249. The van der Waals surface area contributed by atoms with Crippen molar-refractivity contribution in [3.05, 3.63) is 17.7 Å². The Kier molecular flexibility index (Phi) is 4.41. The Morgan fingerprint density at radius 3 is 2.75 bits per heavy atom. The van der Waals surface area contributed by atoms with Gasteiger partial charge in [-0.2, -0.15) is 4.31 Å². The monoisotopic (exact) mass is 320 g/mol. The number of nitrogens with one attached hydrogen (secondary N) is 1. The third-order valence-corrected chi connectivity index (χ3v) is 4.91. The van der Waals surface area contributed by atoms with Crippen LogP contribution in [0, 0.1) is 0 Å². The average molecular weight is 321 g/mol. The van der Waals surface area contributed by atoms with E-state index in [4.69, 9.17) is 11.6 Å². The fourth-order valence-corrected chi connectivity index (χ4v) is 3.36. The van der Waals surface area contributed by atoms with Gasteiger partial charge in [0.25, 0.3) is 0 Å². The van der Waals surface area contributed by atoms with Gasteiger partial charge in [0.2, 0.25) is 15.3 Å². The topological polar surface area (TPSA) is 101 Å². The standard InChI is InChI=1S/C10H13ClN4O4S/c1-19-10(16)14-7-2-3-15(6-7)20(17,18)8-4-12-9(11)13-5-8/h4-5,7H,2-3,6H2,1H3,(H,14,16). The molecule has 1 unspecified atom stereocenters. The summed E-state index contributed by atoms with van der Waals surface area (Å²) in [5, 5.41) is 2.55. The van der Waals surface area contributed by atoms with Gasteiger partial charge in [-0.05, 0) is 18.0 Å². The second-order valence-corrected chi connectivity index (χ2v) is 6.45. The largest absolute Gasteiger partial charge is 0.453 e. The highest BCUT2D eigenvalue weighted by molar-refractivity contribution is 7.89. The van der Waals surface area contributed by atoms with E-state index in [0.717, 1.165) is 12.4 Å². The third-order valence-electron chi connectivity index (χ3n) is 2.89. The number of sulfonamides is 1. The van der Waals surface area contributed by atoms with E-state index in [1.807, 2.05) is 0 Å². The smallest absolute Gasteiger partial charge is 0.407 e. The minimum Gasteiger partial charge on any atom is -0.453 e. The van der Waals surface area contributed by atoms with Gasteiger partial charge < -0.3 is 10.1 Å². The van der Waals surface area contributed by atoms with Gasteiger partial charge >= 0.3 is 6.09 Å². The van der Waals surface area contributed by atoms with Crippen molar-refractivity contribution in [3.63, 3.8) is 0 Å². The van der Waals surface area contributed by atoms with Crippen molar-refractivity contribution < 1.29 is 17.9 Å². The quantitative estimate of drug-likeness (QED) is 0.801. The van der Waals surface area contributed by atoms with Crippen LogP contribution in [0.4, 0.5) is 4.79 Å². The summed E-state index contributed by atoms with van der Waals surface area (Å²) in [7, 11) is -2.42. The second kappa shape index (κ2) is 5.90. The molecular formula is C10H13ClN4O4S. The van der Waals surface area contributed by atoms with Gasteiger partial charge in [0.15, 0.2) is 0 Å². The van der Waals surface area contributed by atoms with Crippen molar-refractivity contribution in [1.82, 2.24) is 19.6 Å². The van der Waals surface area contributed by atoms with Crippen LogP contribution in [0.1, 0.15) is 6.42 Å². The number of methoxy groups -OCH3 is 1. The Balaban J connectivity index is 2.08. The molecule has 0 radical (unpaired) electrons. The first-order valence-corrected chi connectivity index (χ1v) is 7.57. The van der Waals surface area contributed by atoms with E-state index in [0.29, 0.717) is 13.0 Å². The van der Waals surface area contributed by atoms with Gasteiger partial charge in [0.05, 0.1) is 19.5 Å². The summed E-state index contributed by atoms with van der Waals surface area (Å²) >= 11 is 5.53. The van der Waals surface area contributed by atoms with Gasteiger partial charge in [-0.3, -0.25) is 0 Å². The Bertz CT molecular complexity index is 592. The number of alkyl carbamates (subject to hydrolysis) is 1. The lowest BCUT2D eigenvalue weighted by molar-refractivity contribution is 0.167. The van der Waals surface area contributed by atoms with Gasteiger partial charge in [-0.15, -0.1) is 0 Å². The maximum Gasteiger partial charge on any atom is 0.407 e. The molecule has 1 aliphatic rings. The maximum atomic E-state index is 12.3. The van der Waals surface area contributed by atoms with Crippen molar-refractivity contribution >= 4 is 27.7 Å². The molecule has 1 fully saturated rings. The van der Waals surface area contributed by atoms with Crippen LogP contribution in [0.15, 0.2) is 17.3 Å². The van der Waals surface area contributed by atoms with E-state index in [9.17, 15) is 13.2 Å². The van der Waals surface area contributed by atoms with E-state index in [1.54, 1.807) is 0 Å². The first-order valence-electron chi connectivity index (χ1n) is 5.75. The Morgan fingerprint density at radius 2 is 2.15 bits per heavy atom. The number of ether oxygens (including phenoxy) is 1. The first kappa shape index (κ1) is 14.9. The Labute approximate surface area is 121 Å². The molecule has 1 aromatic rings. The highest BCUT2D eigenvalue weighted by atomic mass is 35.5. The number of amides is 1. The minimum absolute atomic E-state index is 0.0180. The van der Waals surface area contributed by atoms with Crippen molar-refractivity contribution in [2.24, 2.45) is 0 Å². The highest BCUT2D eigenvalue weighted by Crippen LogP contribution is 2.20. The SMILES string of the molecule is COC(=O)NC1CCN(S(=O)(=O)c2cnc(Cl)nc2)C1. The fourth-order valence-electron chi connectivity index (χ4n) is 1.87. The molecule has 1 N–H and O–H groups in total. The van der Waals surface area contributed by atoms with Crippen LogP contribution in [0.25, 0.3) is 0 Å². The molecule has 10 heteroatoms. The van der Waals surface area contributed by atoms with E-state index in [1.165, 1.54) is 11.4 Å². The van der Waals surface area contributed by atoms with Crippen molar-refractivity contribution in [2.45, 2.75) is 17.4 Å². The Hall–Kier alpha value is -1.45. The van der Waals surface area contributed by atoms with E-state index in [2.05, 4.69) is 20.0 Å². The van der Waals surface area contributed by atoms with Gasteiger partial charge in [0, 0.05) is 19.1 Å². The molecule has 2 rings (SSSR count). The molecule has 2 heterocycles. The molecule has 0 spiro atoms. The van der Waals surface area contributed by atoms with Crippen LogP contribution in [-0.2, 0) is 14.8 Å². The van der Waals surface area contributed by atoms with Gasteiger partial charge in [-0.1, -0.05) is 0 Å².